The Morgan fingerprint density at radius 3 is 2.64 bits per heavy atom. The van der Waals surface area contributed by atoms with E-state index in [1.165, 1.54) is 11.3 Å². The molecule has 0 fully saturated rings. The maximum Gasteiger partial charge on any atom is 0.184 e. The molecule has 0 radical (unpaired) electrons. The third-order valence-electron chi connectivity index (χ3n) is 3.28. The number of thioether (sulfide) groups is 1. The molecule has 0 atom stereocenters. The Labute approximate surface area is 133 Å². The standard InChI is InChI=1S/C16H18N4OS/c1-20(2)14-5-3-12(4-6-14)9-15-17-16(19-18-15)22-11-13-7-8-21-10-13/h3-8,10H,9,11H2,1-2H3,(H,17,18,19). The summed E-state index contributed by atoms with van der Waals surface area (Å²) in [6.07, 6.45) is 4.16. The number of aromatic nitrogens is 3. The van der Waals surface area contributed by atoms with Crippen LogP contribution >= 0.6 is 11.8 Å². The number of rotatable bonds is 6. The van der Waals surface area contributed by atoms with Crippen LogP contribution in [0.4, 0.5) is 5.69 Å². The summed E-state index contributed by atoms with van der Waals surface area (Å²) in [6, 6.07) is 10.4. The van der Waals surface area contributed by atoms with Crippen LogP contribution < -0.4 is 4.90 Å². The van der Waals surface area contributed by atoms with E-state index < -0.39 is 0 Å². The Hall–Kier alpha value is -2.21. The van der Waals surface area contributed by atoms with E-state index >= 15 is 0 Å². The van der Waals surface area contributed by atoms with Crippen LogP contribution in [0.5, 0.6) is 0 Å². The minimum absolute atomic E-state index is 0.733. The van der Waals surface area contributed by atoms with Crippen LogP contribution in [-0.4, -0.2) is 29.3 Å². The van der Waals surface area contributed by atoms with Gasteiger partial charge in [0.1, 0.15) is 0 Å². The van der Waals surface area contributed by atoms with Crippen molar-refractivity contribution in [3.8, 4) is 0 Å². The first-order valence-electron chi connectivity index (χ1n) is 7.02. The largest absolute Gasteiger partial charge is 0.472 e. The van der Waals surface area contributed by atoms with Gasteiger partial charge in [0.05, 0.1) is 12.5 Å². The summed E-state index contributed by atoms with van der Waals surface area (Å²) in [6.45, 7) is 0. The lowest BCUT2D eigenvalue weighted by molar-refractivity contribution is 0.565. The molecule has 0 bridgehead atoms. The fraction of sp³-hybridized carbons (Fsp3) is 0.250. The second-order valence-electron chi connectivity index (χ2n) is 5.21. The van der Waals surface area contributed by atoms with E-state index in [4.69, 9.17) is 4.42 Å². The Morgan fingerprint density at radius 2 is 1.95 bits per heavy atom. The van der Waals surface area contributed by atoms with Crippen molar-refractivity contribution in [2.45, 2.75) is 17.3 Å². The van der Waals surface area contributed by atoms with E-state index in [0.29, 0.717) is 0 Å². The van der Waals surface area contributed by atoms with Crippen LogP contribution in [0.2, 0.25) is 0 Å². The van der Waals surface area contributed by atoms with Crippen molar-refractivity contribution in [1.82, 2.24) is 15.2 Å². The monoisotopic (exact) mass is 314 g/mol. The highest BCUT2D eigenvalue weighted by Gasteiger charge is 2.06. The normalized spacial score (nSPS) is 10.8. The van der Waals surface area contributed by atoms with E-state index in [2.05, 4.69) is 44.3 Å². The van der Waals surface area contributed by atoms with Gasteiger partial charge in [-0.05, 0) is 23.8 Å². The average molecular weight is 314 g/mol. The number of nitrogens with one attached hydrogen (secondary N) is 1. The van der Waals surface area contributed by atoms with Gasteiger partial charge in [-0.15, -0.1) is 0 Å². The Kier molecular flexibility index (Phi) is 4.48. The fourth-order valence-electron chi connectivity index (χ4n) is 2.04. The molecule has 1 N–H and O–H groups in total. The van der Waals surface area contributed by atoms with Crippen LogP contribution in [0.1, 0.15) is 17.0 Å². The lowest BCUT2D eigenvalue weighted by atomic mass is 10.1. The third kappa shape index (κ3) is 3.71. The van der Waals surface area contributed by atoms with Crippen molar-refractivity contribution in [1.29, 1.82) is 0 Å². The maximum atomic E-state index is 5.05. The smallest absolute Gasteiger partial charge is 0.184 e. The molecule has 5 nitrogen and oxygen atoms in total. The molecule has 0 aliphatic carbocycles. The van der Waals surface area contributed by atoms with Crippen molar-refractivity contribution >= 4 is 17.4 Å². The fourth-order valence-corrected chi connectivity index (χ4v) is 2.79. The highest BCUT2D eigenvalue weighted by molar-refractivity contribution is 7.98. The second kappa shape index (κ2) is 6.70. The van der Waals surface area contributed by atoms with Gasteiger partial charge in [0.25, 0.3) is 0 Å². The first kappa shape index (κ1) is 14.7. The molecular weight excluding hydrogens is 296 g/mol. The van der Waals surface area contributed by atoms with Crippen LogP contribution in [0, 0.1) is 0 Å². The molecule has 0 spiro atoms. The molecule has 0 aliphatic heterocycles. The number of anilines is 1. The highest BCUT2D eigenvalue weighted by Crippen LogP contribution is 2.20. The lowest BCUT2D eigenvalue weighted by Gasteiger charge is -2.12. The van der Waals surface area contributed by atoms with Gasteiger partial charge in [0.15, 0.2) is 11.0 Å². The molecule has 114 valence electrons. The molecule has 0 unspecified atom stereocenters. The Balaban J connectivity index is 1.59. The molecule has 3 aromatic rings. The van der Waals surface area contributed by atoms with Crippen molar-refractivity contribution in [2.24, 2.45) is 0 Å². The zero-order valence-corrected chi connectivity index (χ0v) is 13.4. The quantitative estimate of drug-likeness (QED) is 0.707. The first-order chi connectivity index (χ1) is 10.7. The van der Waals surface area contributed by atoms with Crippen molar-refractivity contribution in [2.75, 3.05) is 19.0 Å². The summed E-state index contributed by atoms with van der Waals surface area (Å²) in [5, 5.41) is 8.09. The van der Waals surface area contributed by atoms with Crippen LogP contribution in [0.3, 0.4) is 0 Å². The van der Waals surface area contributed by atoms with Gasteiger partial charge in [-0.1, -0.05) is 23.9 Å². The molecule has 3 rings (SSSR count). The van der Waals surface area contributed by atoms with Gasteiger partial charge in [0, 0.05) is 37.5 Å². The topological polar surface area (TPSA) is 58.0 Å². The average Bonchev–Trinajstić information content (AvgIpc) is 3.17. The van der Waals surface area contributed by atoms with Crippen molar-refractivity contribution in [3.63, 3.8) is 0 Å². The molecule has 0 saturated carbocycles. The summed E-state index contributed by atoms with van der Waals surface area (Å²) in [5.74, 6) is 1.63. The number of benzene rings is 1. The van der Waals surface area contributed by atoms with E-state index in [1.807, 2.05) is 20.2 Å². The molecule has 2 aromatic heterocycles. The van der Waals surface area contributed by atoms with Gasteiger partial charge in [-0.3, -0.25) is 5.10 Å². The van der Waals surface area contributed by atoms with Crippen LogP contribution in [0.15, 0.2) is 52.4 Å². The predicted molar refractivity (Wildman–Crippen MR) is 88.2 cm³/mol. The number of hydrogen-bond donors (Lipinski definition) is 1. The van der Waals surface area contributed by atoms with Crippen molar-refractivity contribution < 1.29 is 4.42 Å². The molecule has 2 heterocycles. The van der Waals surface area contributed by atoms with Crippen molar-refractivity contribution in [3.05, 3.63) is 59.8 Å². The van der Waals surface area contributed by atoms with Gasteiger partial charge in [0.2, 0.25) is 0 Å². The van der Waals surface area contributed by atoms with Gasteiger partial charge in [-0.25, -0.2) is 4.98 Å². The van der Waals surface area contributed by atoms with E-state index in [9.17, 15) is 0 Å². The summed E-state index contributed by atoms with van der Waals surface area (Å²) in [4.78, 5) is 6.60. The highest BCUT2D eigenvalue weighted by atomic mass is 32.2. The molecule has 1 aromatic carbocycles. The molecule has 0 saturated heterocycles. The zero-order chi connectivity index (χ0) is 15.4. The minimum atomic E-state index is 0.733. The molecular formula is C16H18N4OS. The van der Waals surface area contributed by atoms with E-state index in [0.717, 1.165) is 28.7 Å². The zero-order valence-electron chi connectivity index (χ0n) is 12.6. The number of nitrogens with zero attached hydrogens (tertiary/aromatic N) is 3. The third-order valence-corrected chi connectivity index (χ3v) is 4.22. The van der Waals surface area contributed by atoms with Crippen LogP contribution in [-0.2, 0) is 12.2 Å². The SMILES string of the molecule is CN(C)c1ccc(Cc2n[nH]c(SCc3ccoc3)n2)cc1. The number of furan rings is 1. The second-order valence-corrected chi connectivity index (χ2v) is 6.18. The maximum absolute atomic E-state index is 5.05. The van der Waals surface area contributed by atoms with E-state index in [1.54, 1.807) is 24.3 Å². The summed E-state index contributed by atoms with van der Waals surface area (Å²) < 4.78 is 5.05. The van der Waals surface area contributed by atoms with Gasteiger partial charge in [-0.2, -0.15) is 5.10 Å². The summed E-state index contributed by atoms with van der Waals surface area (Å²) in [5.41, 5.74) is 3.54. The lowest BCUT2D eigenvalue weighted by Crippen LogP contribution is -2.08. The molecule has 22 heavy (non-hydrogen) atoms. The minimum Gasteiger partial charge on any atom is -0.472 e. The molecule has 6 heteroatoms. The predicted octanol–water partition coefficient (Wildman–Crippen LogP) is 3.35. The summed E-state index contributed by atoms with van der Waals surface area (Å²) >= 11 is 1.62. The molecule has 0 amide bonds. The van der Waals surface area contributed by atoms with E-state index in [-0.39, 0.29) is 0 Å². The first-order valence-corrected chi connectivity index (χ1v) is 8.00. The number of aromatic amines is 1. The number of H-pyrrole nitrogens is 1. The molecule has 0 aliphatic rings. The van der Waals surface area contributed by atoms with Crippen LogP contribution in [0.25, 0.3) is 0 Å². The number of hydrogen-bond acceptors (Lipinski definition) is 5. The van der Waals surface area contributed by atoms with Gasteiger partial charge >= 0.3 is 0 Å². The Bertz CT molecular complexity index is 704. The Morgan fingerprint density at radius 1 is 1.14 bits per heavy atom. The van der Waals surface area contributed by atoms with Gasteiger partial charge < -0.3 is 9.32 Å². The summed E-state index contributed by atoms with van der Waals surface area (Å²) in [7, 11) is 4.07.